The van der Waals surface area contributed by atoms with E-state index < -0.39 is 17.6 Å². The number of nitrogens with zero attached hydrogens (tertiary/aromatic N) is 1. The maximum atomic E-state index is 14.7. The zero-order valence-corrected chi connectivity index (χ0v) is 13.4. The van der Waals surface area contributed by atoms with E-state index in [1.54, 1.807) is 6.07 Å². The molecule has 0 aliphatic carbocycles. The number of alkyl halides is 2. The number of hydrogen-bond acceptors (Lipinski definition) is 2. The van der Waals surface area contributed by atoms with Gasteiger partial charge in [-0.05, 0) is 18.2 Å². The summed E-state index contributed by atoms with van der Waals surface area (Å²) in [5, 5.41) is 9.67. The second kappa shape index (κ2) is 6.00. The van der Waals surface area contributed by atoms with Gasteiger partial charge in [0.2, 0.25) is 0 Å². The molecule has 24 heavy (non-hydrogen) atoms. The van der Waals surface area contributed by atoms with Gasteiger partial charge in [-0.1, -0.05) is 53.5 Å². The molecule has 3 rings (SSSR count). The number of carboxylic acid groups (broad SMARTS) is 1. The van der Waals surface area contributed by atoms with Gasteiger partial charge in [0, 0.05) is 16.0 Å². The number of pyridine rings is 1. The summed E-state index contributed by atoms with van der Waals surface area (Å²) < 4.78 is 29.5. The highest BCUT2D eigenvalue weighted by Crippen LogP contribution is 2.38. The molecule has 0 aliphatic rings. The van der Waals surface area contributed by atoms with Crippen molar-refractivity contribution in [2.75, 3.05) is 0 Å². The molecule has 0 radical (unpaired) electrons. The number of carboxylic acids is 1. The Balaban J connectivity index is 2.32. The highest BCUT2D eigenvalue weighted by molar-refractivity contribution is 6.38. The average molecular weight is 368 g/mol. The molecule has 1 N–H and O–H groups in total. The summed E-state index contributed by atoms with van der Waals surface area (Å²) in [5.74, 6) is -4.84. The van der Waals surface area contributed by atoms with Crippen LogP contribution in [0.1, 0.15) is 21.6 Å². The molecule has 3 nitrogen and oxygen atoms in total. The molecule has 1 aromatic heterocycles. The van der Waals surface area contributed by atoms with Gasteiger partial charge in [-0.25, -0.2) is 9.78 Å². The summed E-state index contributed by atoms with van der Waals surface area (Å²) in [7, 11) is 0. The molecule has 122 valence electrons. The van der Waals surface area contributed by atoms with Gasteiger partial charge in [0.25, 0.3) is 0 Å². The quantitative estimate of drug-likeness (QED) is 0.675. The van der Waals surface area contributed by atoms with E-state index in [9.17, 15) is 18.7 Å². The molecule has 7 heteroatoms. The van der Waals surface area contributed by atoms with Crippen molar-refractivity contribution in [3.63, 3.8) is 0 Å². The minimum absolute atomic E-state index is 0.00529. The minimum atomic E-state index is -3.47. The number of benzene rings is 2. The number of aromatic carboxylic acids is 1. The fourth-order valence-corrected chi connectivity index (χ4v) is 2.92. The van der Waals surface area contributed by atoms with Crippen molar-refractivity contribution in [1.29, 1.82) is 0 Å². The van der Waals surface area contributed by atoms with Crippen LogP contribution in [0.4, 0.5) is 8.78 Å². The number of aromatic nitrogens is 1. The van der Waals surface area contributed by atoms with Crippen molar-refractivity contribution in [3.05, 3.63) is 75.4 Å². The Labute approximate surface area is 145 Å². The van der Waals surface area contributed by atoms with Gasteiger partial charge in [-0.3, -0.25) is 0 Å². The van der Waals surface area contributed by atoms with Gasteiger partial charge in [-0.2, -0.15) is 8.78 Å². The van der Waals surface area contributed by atoms with E-state index in [-0.39, 0.29) is 32.1 Å². The van der Waals surface area contributed by atoms with E-state index in [2.05, 4.69) is 4.98 Å². The van der Waals surface area contributed by atoms with Crippen LogP contribution >= 0.6 is 23.2 Å². The fourth-order valence-electron chi connectivity index (χ4n) is 2.39. The zero-order valence-electron chi connectivity index (χ0n) is 11.9. The number of hydrogen-bond donors (Lipinski definition) is 1. The molecule has 0 fully saturated rings. The van der Waals surface area contributed by atoms with E-state index in [1.807, 2.05) is 0 Å². The van der Waals surface area contributed by atoms with Gasteiger partial charge in [0.1, 0.15) is 5.69 Å². The first-order valence-corrected chi connectivity index (χ1v) is 7.53. The van der Waals surface area contributed by atoms with Gasteiger partial charge in [0.15, 0.2) is 0 Å². The Bertz CT molecular complexity index is 946. The van der Waals surface area contributed by atoms with Crippen LogP contribution in [0, 0.1) is 0 Å². The Kier molecular flexibility index (Phi) is 4.15. The number of fused-ring (bicyclic) bond motifs is 1. The Morgan fingerprint density at radius 3 is 2.38 bits per heavy atom. The third-order valence-electron chi connectivity index (χ3n) is 3.52. The molecule has 0 spiro atoms. The monoisotopic (exact) mass is 367 g/mol. The van der Waals surface area contributed by atoms with Crippen LogP contribution in [0.5, 0.6) is 0 Å². The normalized spacial score (nSPS) is 11.7. The lowest BCUT2D eigenvalue weighted by Gasteiger charge is -2.18. The summed E-state index contributed by atoms with van der Waals surface area (Å²) >= 11 is 11.9. The standard InChI is InChI=1S/C17H9Cl2F2NO2/c18-10-6-11-12(16(23)24)8-14(22-15(11)13(19)7-10)17(20,21)9-4-2-1-3-5-9/h1-8H,(H,23,24). The van der Waals surface area contributed by atoms with Crippen LogP contribution in [0.3, 0.4) is 0 Å². The first-order chi connectivity index (χ1) is 11.3. The van der Waals surface area contributed by atoms with Gasteiger partial charge in [-0.15, -0.1) is 0 Å². The van der Waals surface area contributed by atoms with Crippen molar-refractivity contribution >= 4 is 40.1 Å². The van der Waals surface area contributed by atoms with Crippen LogP contribution in [-0.4, -0.2) is 16.1 Å². The zero-order chi connectivity index (χ0) is 17.5. The molecule has 1 heterocycles. The summed E-state index contributed by atoms with van der Waals surface area (Å²) in [4.78, 5) is 15.4. The highest BCUT2D eigenvalue weighted by atomic mass is 35.5. The first kappa shape index (κ1) is 16.6. The van der Waals surface area contributed by atoms with E-state index in [0.29, 0.717) is 0 Å². The summed E-state index contributed by atoms with van der Waals surface area (Å²) in [6, 6.07) is 10.5. The van der Waals surface area contributed by atoms with E-state index in [4.69, 9.17) is 23.2 Å². The van der Waals surface area contributed by atoms with Crippen LogP contribution in [-0.2, 0) is 5.92 Å². The minimum Gasteiger partial charge on any atom is -0.478 e. The van der Waals surface area contributed by atoms with Crippen LogP contribution < -0.4 is 0 Å². The van der Waals surface area contributed by atoms with Crippen molar-refractivity contribution in [2.24, 2.45) is 0 Å². The molecule has 0 amide bonds. The summed E-state index contributed by atoms with van der Waals surface area (Å²) in [6.07, 6.45) is 0. The molecule has 0 saturated heterocycles. The van der Waals surface area contributed by atoms with Gasteiger partial charge < -0.3 is 5.11 Å². The van der Waals surface area contributed by atoms with Gasteiger partial charge >= 0.3 is 11.9 Å². The van der Waals surface area contributed by atoms with Crippen molar-refractivity contribution in [2.45, 2.75) is 5.92 Å². The number of rotatable bonds is 3. The number of halogens is 4. The van der Waals surface area contributed by atoms with Gasteiger partial charge in [0.05, 0.1) is 16.1 Å². The van der Waals surface area contributed by atoms with E-state index in [1.165, 1.54) is 36.4 Å². The molecule has 0 atom stereocenters. The molecule has 3 aromatic rings. The molecule has 2 aromatic carbocycles. The molecule has 0 bridgehead atoms. The third kappa shape index (κ3) is 2.81. The molecular formula is C17H9Cl2F2NO2. The summed E-state index contributed by atoms with van der Waals surface area (Å²) in [6.45, 7) is 0. The third-order valence-corrected chi connectivity index (χ3v) is 4.03. The molecule has 0 saturated carbocycles. The molecule has 0 unspecified atom stereocenters. The van der Waals surface area contributed by atoms with Crippen molar-refractivity contribution in [3.8, 4) is 0 Å². The van der Waals surface area contributed by atoms with Crippen LogP contribution in [0.15, 0.2) is 48.5 Å². The SMILES string of the molecule is O=C(O)c1cc(C(F)(F)c2ccccc2)nc2c(Cl)cc(Cl)cc12. The van der Waals surface area contributed by atoms with Crippen LogP contribution in [0.25, 0.3) is 10.9 Å². The lowest BCUT2D eigenvalue weighted by Crippen LogP contribution is -2.18. The molecular weight excluding hydrogens is 359 g/mol. The second-order valence-corrected chi connectivity index (χ2v) is 5.93. The Hall–Kier alpha value is -2.24. The highest BCUT2D eigenvalue weighted by Gasteiger charge is 2.37. The number of carbonyl (C=O) groups is 1. The van der Waals surface area contributed by atoms with E-state index >= 15 is 0 Å². The Morgan fingerprint density at radius 2 is 1.75 bits per heavy atom. The van der Waals surface area contributed by atoms with Crippen molar-refractivity contribution < 1.29 is 18.7 Å². The fraction of sp³-hybridized carbons (Fsp3) is 0.0588. The molecule has 0 aliphatic heterocycles. The maximum absolute atomic E-state index is 14.7. The Morgan fingerprint density at radius 1 is 1.08 bits per heavy atom. The van der Waals surface area contributed by atoms with Crippen LogP contribution in [0.2, 0.25) is 10.0 Å². The smallest absolute Gasteiger partial charge is 0.336 e. The maximum Gasteiger partial charge on any atom is 0.336 e. The van der Waals surface area contributed by atoms with Crippen molar-refractivity contribution in [1.82, 2.24) is 4.98 Å². The topological polar surface area (TPSA) is 50.2 Å². The predicted octanol–water partition coefficient (Wildman–Crippen LogP) is 5.38. The first-order valence-electron chi connectivity index (χ1n) is 6.77. The average Bonchev–Trinajstić information content (AvgIpc) is 2.54. The predicted molar refractivity (Wildman–Crippen MR) is 88.2 cm³/mol. The van der Waals surface area contributed by atoms with E-state index in [0.717, 1.165) is 6.07 Å². The lowest BCUT2D eigenvalue weighted by atomic mass is 10.0. The summed E-state index contributed by atoms with van der Waals surface area (Å²) in [5.41, 5.74) is -1.36. The second-order valence-electron chi connectivity index (χ2n) is 5.08. The largest absolute Gasteiger partial charge is 0.478 e. The lowest BCUT2D eigenvalue weighted by molar-refractivity contribution is 0.0382.